The van der Waals surface area contributed by atoms with E-state index in [9.17, 15) is 14.7 Å². The van der Waals surface area contributed by atoms with Gasteiger partial charge in [-0.05, 0) is 107 Å². The topological polar surface area (TPSA) is 94.5 Å². The van der Waals surface area contributed by atoms with Crippen LogP contribution in [0.3, 0.4) is 0 Å². The van der Waals surface area contributed by atoms with Crippen LogP contribution in [0.1, 0.15) is 83.9 Å². The van der Waals surface area contributed by atoms with E-state index in [2.05, 4.69) is 17.0 Å². The van der Waals surface area contributed by atoms with Crippen molar-refractivity contribution in [3.8, 4) is 22.6 Å². The van der Waals surface area contributed by atoms with Crippen LogP contribution in [0.25, 0.3) is 11.1 Å². The molecule has 8 heteroatoms. The first-order valence-corrected chi connectivity index (χ1v) is 17.6. The Kier molecular flexibility index (Phi) is 12.9. The monoisotopic (exact) mass is 695 g/mol. The number of ether oxygens (including phenoxy) is 4. The number of aliphatic hydroxyl groups is 1. The Labute approximate surface area is 303 Å². The van der Waals surface area contributed by atoms with Gasteiger partial charge in [0.15, 0.2) is 0 Å². The van der Waals surface area contributed by atoms with Gasteiger partial charge in [0.1, 0.15) is 28.3 Å². The van der Waals surface area contributed by atoms with Crippen molar-refractivity contribution in [2.24, 2.45) is 0 Å². The molecule has 0 aliphatic rings. The van der Waals surface area contributed by atoms with E-state index in [1.54, 1.807) is 0 Å². The first-order valence-electron chi connectivity index (χ1n) is 17.6. The SMILES string of the molecule is CN(C)c1ccccc1-c1ccc(C(O)(c2ccc(OCCCC(=O)OC(C)(C)C)cc2)c2ccc(OCCCC(=O)OC(C)(C)C)cc2)cc1. The molecule has 0 fully saturated rings. The standard InChI is InChI=1S/C43H53NO7/c1-41(2,3)50-39(45)15-11-29-48-35-25-21-33(22-26-35)43(47,32-19-17-31(18-20-32)37-13-9-10-14-38(37)44(7)8)34-23-27-36(28-24-34)49-30-12-16-40(46)51-42(4,5)6/h9-10,13-14,17-28,47H,11-12,15-16,29-30H2,1-8H3. The summed E-state index contributed by atoms with van der Waals surface area (Å²) in [4.78, 5) is 26.2. The molecule has 0 bridgehead atoms. The van der Waals surface area contributed by atoms with Crippen molar-refractivity contribution in [1.29, 1.82) is 0 Å². The largest absolute Gasteiger partial charge is 0.494 e. The third-order valence-corrected chi connectivity index (χ3v) is 7.97. The van der Waals surface area contributed by atoms with E-state index in [1.165, 1.54) is 0 Å². The molecule has 8 nitrogen and oxygen atoms in total. The van der Waals surface area contributed by atoms with Gasteiger partial charge in [-0.25, -0.2) is 0 Å². The van der Waals surface area contributed by atoms with E-state index in [0.717, 1.165) is 16.8 Å². The Morgan fingerprint density at radius 2 is 0.980 bits per heavy atom. The molecule has 0 saturated heterocycles. The smallest absolute Gasteiger partial charge is 0.306 e. The molecule has 0 saturated carbocycles. The lowest BCUT2D eigenvalue weighted by molar-refractivity contribution is -0.156. The molecule has 0 radical (unpaired) electrons. The van der Waals surface area contributed by atoms with Crippen molar-refractivity contribution in [2.75, 3.05) is 32.2 Å². The molecule has 0 amide bonds. The number of hydrogen-bond donors (Lipinski definition) is 1. The molecule has 0 aliphatic heterocycles. The highest BCUT2D eigenvalue weighted by Gasteiger charge is 2.34. The lowest BCUT2D eigenvalue weighted by Gasteiger charge is -2.31. The maximum absolute atomic E-state index is 12.7. The van der Waals surface area contributed by atoms with Crippen LogP contribution in [-0.4, -0.2) is 55.6 Å². The predicted molar refractivity (Wildman–Crippen MR) is 202 cm³/mol. The number of carbonyl (C=O) groups excluding carboxylic acids is 2. The van der Waals surface area contributed by atoms with Gasteiger partial charge in [-0.15, -0.1) is 0 Å². The highest BCUT2D eigenvalue weighted by molar-refractivity contribution is 5.78. The van der Waals surface area contributed by atoms with E-state index in [4.69, 9.17) is 18.9 Å². The summed E-state index contributed by atoms with van der Waals surface area (Å²) in [6, 6.07) is 31.0. The molecule has 0 aromatic heterocycles. The number of para-hydroxylation sites is 1. The van der Waals surface area contributed by atoms with Crippen molar-refractivity contribution in [3.05, 3.63) is 114 Å². The van der Waals surface area contributed by atoms with Gasteiger partial charge >= 0.3 is 11.9 Å². The van der Waals surface area contributed by atoms with Crippen LogP contribution in [0.4, 0.5) is 5.69 Å². The second kappa shape index (κ2) is 16.9. The lowest BCUT2D eigenvalue weighted by Crippen LogP contribution is -2.28. The summed E-state index contributed by atoms with van der Waals surface area (Å²) in [6.07, 6.45) is 1.60. The lowest BCUT2D eigenvalue weighted by atomic mass is 9.80. The first kappa shape index (κ1) is 39.0. The number of carbonyl (C=O) groups is 2. The van der Waals surface area contributed by atoms with E-state index in [1.807, 2.05) is 141 Å². The van der Waals surface area contributed by atoms with Gasteiger partial charge in [0, 0.05) is 38.2 Å². The zero-order valence-electron chi connectivity index (χ0n) is 31.3. The van der Waals surface area contributed by atoms with Crippen molar-refractivity contribution < 1.29 is 33.6 Å². The molecule has 1 N–H and O–H groups in total. The average molecular weight is 696 g/mol. The highest BCUT2D eigenvalue weighted by Crippen LogP contribution is 2.39. The second-order valence-electron chi connectivity index (χ2n) is 14.8. The minimum absolute atomic E-state index is 0.250. The Hall–Kier alpha value is -4.82. The van der Waals surface area contributed by atoms with Gasteiger partial charge in [-0.2, -0.15) is 0 Å². The fraction of sp³-hybridized carbons (Fsp3) is 0.395. The van der Waals surface area contributed by atoms with Crippen molar-refractivity contribution in [3.63, 3.8) is 0 Å². The van der Waals surface area contributed by atoms with E-state index >= 15 is 0 Å². The number of hydrogen-bond acceptors (Lipinski definition) is 8. The van der Waals surface area contributed by atoms with Crippen LogP contribution in [0.2, 0.25) is 0 Å². The molecular weight excluding hydrogens is 642 g/mol. The van der Waals surface area contributed by atoms with Crippen LogP contribution >= 0.6 is 0 Å². The Morgan fingerprint density at radius 1 is 0.588 bits per heavy atom. The Morgan fingerprint density at radius 3 is 1.37 bits per heavy atom. The van der Waals surface area contributed by atoms with Gasteiger partial charge < -0.3 is 29.0 Å². The summed E-state index contributed by atoms with van der Waals surface area (Å²) >= 11 is 0. The quantitative estimate of drug-likeness (QED) is 0.0750. The van der Waals surface area contributed by atoms with Crippen LogP contribution < -0.4 is 14.4 Å². The minimum atomic E-state index is -1.50. The normalized spacial score (nSPS) is 11.9. The molecule has 4 aromatic carbocycles. The third-order valence-electron chi connectivity index (χ3n) is 7.97. The first-order chi connectivity index (χ1) is 24.0. The number of esters is 2. The fourth-order valence-corrected chi connectivity index (χ4v) is 5.68. The maximum Gasteiger partial charge on any atom is 0.306 e. The molecule has 0 unspecified atom stereocenters. The molecule has 0 heterocycles. The number of nitrogens with zero attached hydrogens (tertiary/aromatic N) is 1. The fourth-order valence-electron chi connectivity index (χ4n) is 5.68. The van der Waals surface area contributed by atoms with Gasteiger partial charge in [0.2, 0.25) is 0 Å². The predicted octanol–water partition coefficient (Wildman–Crippen LogP) is 8.71. The summed E-state index contributed by atoms with van der Waals surface area (Å²) in [7, 11) is 4.05. The second-order valence-corrected chi connectivity index (χ2v) is 14.8. The van der Waals surface area contributed by atoms with Crippen molar-refractivity contribution in [2.45, 2.75) is 84.0 Å². The Balaban J connectivity index is 1.54. The average Bonchev–Trinajstić information content (AvgIpc) is 3.07. The zero-order valence-corrected chi connectivity index (χ0v) is 31.3. The van der Waals surface area contributed by atoms with Gasteiger partial charge in [0.05, 0.1) is 13.2 Å². The van der Waals surface area contributed by atoms with Gasteiger partial charge in [-0.3, -0.25) is 9.59 Å². The number of anilines is 1. The van der Waals surface area contributed by atoms with Crippen LogP contribution in [-0.2, 0) is 24.7 Å². The molecule has 4 rings (SSSR count). The molecule has 4 aromatic rings. The summed E-state index contributed by atoms with van der Waals surface area (Å²) < 4.78 is 22.6. The molecule has 0 aliphatic carbocycles. The number of rotatable bonds is 15. The maximum atomic E-state index is 12.7. The van der Waals surface area contributed by atoms with E-state index < -0.39 is 16.8 Å². The van der Waals surface area contributed by atoms with Crippen LogP contribution in [0, 0.1) is 0 Å². The van der Waals surface area contributed by atoms with E-state index in [0.29, 0.717) is 54.2 Å². The summed E-state index contributed by atoms with van der Waals surface area (Å²) in [5.41, 5.74) is 2.73. The summed E-state index contributed by atoms with van der Waals surface area (Å²) in [5, 5.41) is 12.7. The third kappa shape index (κ3) is 11.3. The van der Waals surface area contributed by atoms with Crippen LogP contribution in [0.15, 0.2) is 97.1 Å². The molecular formula is C43H53NO7. The number of benzene rings is 4. The Bertz CT molecular complexity index is 1640. The minimum Gasteiger partial charge on any atom is -0.494 e. The van der Waals surface area contributed by atoms with E-state index in [-0.39, 0.29) is 24.8 Å². The van der Waals surface area contributed by atoms with Gasteiger partial charge in [-0.1, -0.05) is 66.7 Å². The molecule has 51 heavy (non-hydrogen) atoms. The molecule has 0 atom stereocenters. The summed E-state index contributed by atoms with van der Waals surface area (Å²) in [6.45, 7) is 11.8. The molecule has 0 spiro atoms. The van der Waals surface area contributed by atoms with Gasteiger partial charge in [0.25, 0.3) is 0 Å². The highest BCUT2D eigenvalue weighted by atomic mass is 16.6. The van der Waals surface area contributed by atoms with Crippen LogP contribution in [0.5, 0.6) is 11.5 Å². The zero-order chi connectivity index (χ0) is 37.2. The van der Waals surface area contributed by atoms with Crippen molar-refractivity contribution >= 4 is 17.6 Å². The molecule has 272 valence electrons. The summed E-state index contributed by atoms with van der Waals surface area (Å²) in [5.74, 6) is 0.770. The van der Waals surface area contributed by atoms with Crippen molar-refractivity contribution in [1.82, 2.24) is 0 Å².